The molecule has 1 aliphatic carbocycles. The van der Waals surface area contributed by atoms with Crippen molar-refractivity contribution in [1.82, 2.24) is 9.55 Å². The number of rotatable bonds is 5. The van der Waals surface area contributed by atoms with Gasteiger partial charge in [0.1, 0.15) is 0 Å². The highest BCUT2D eigenvalue weighted by Gasteiger charge is 2.21. The molecule has 98 valence electrons. The molecule has 1 aromatic rings. The number of hydrogen-bond donors (Lipinski definition) is 0. The molecule has 1 unspecified atom stereocenters. The number of hydrogen-bond acceptors (Lipinski definition) is 4. The third kappa shape index (κ3) is 3.20. The van der Waals surface area contributed by atoms with Gasteiger partial charge in [0.25, 0.3) is 5.56 Å². The lowest BCUT2D eigenvalue weighted by atomic mass is 9.83. The predicted octanol–water partition coefficient (Wildman–Crippen LogP) is 1.95. The van der Waals surface area contributed by atoms with Gasteiger partial charge in [0.2, 0.25) is 0 Å². The second-order valence-electron chi connectivity index (χ2n) is 4.96. The Hall–Kier alpha value is -2.14. The Morgan fingerprint density at radius 2 is 2.26 bits per heavy atom. The number of nitriles is 2. The van der Waals surface area contributed by atoms with Gasteiger partial charge in [-0.3, -0.25) is 9.36 Å². The molecule has 1 aromatic heterocycles. The van der Waals surface area contributed by atoms with Gasteiger partial charge in [-0.25, -0.2) is 4.98 Å². The van der Waals surface area contributed by atoms with E-state index in [0.717, 1.165) is 18.5 Å². The second-order valence-corrected chi connectivity index (χ2v) is 4.96. The highest BCUT2D eigenvalue weighted by atomic mass is 16.1. The van der Waals surface area contributed by atoms with Gasteiger partial charge < -0.3 is 0 Å². The van der Waals surface area contributed by atoms with Crippen LogP contribution >= 0.6 is 0 Å². The molecular formula is C14H16N4O. The number of nitrogens with zero attached hydrogens (tertiary/aromatic N) is 4. The minimum absolute atomic E-state index is 0.103. The van der Waals surface area contributed by atoms with Gasteiger partial charge >= 0.3 is 0 Å². The topological polar surface area (TPSA) is 82.5 Å². The summed E-state index contributed by atoms with van der Waals surface area (Å²) in [5.74, 6) is 0.126. The molecule has 19 heavy (non-hydrogen) atoms. The summed E-state index contributed by atoms with van der Waals surface area (Å²) in [6, 6.07) is 5.74. The molecule has 0 N–H and O–H groups in total. The summed E-state index contributed by atoms with van der Waals surface area (Å²) < 4.78 is 1.47. The maximum atomic E-state index is 12.0. The minimum Gasteiger partial charge on any atom is -0.298 e. The molecule has 0 aliphatic heterocycles. The van der Waals surface area contributed by atoms with Crippen LogP contribution < -0.4 is 5.56 Å². The van der Waals surface area contributed by atoms with Crippen molar-refractivity contribution in [2.24, 2.45) is 5.92 Å². The molecule has 0 spiro atoms. The van der Waals surface area contributed by atoms with Crippen LogP contribution in [0.25, 0.3) is 0 Å². The summed E-state index contributed by atoms with van der Waals surface area (Å²) in [5.41, 5.74) is 0.771. The zero-order valence-electron chi connectivity index (χ0n) is 10.7. The molecule has 2 rings (SSSR count). The highest BCUT2D eigenvalue weighted by Crippen LogP contribution is 2.34. The Morgan fingerprint density at radius 1 is 1.47 bits per heavy atom. The lowest BCUT2D eigenvalue weighted by Crippen LogP contribution is -2.25. The fraction of sp³-hybridized carbons (Fsp3) is 0.571. The predicted molar refractivity (Wildman–Crippen MR) is 69.0 cm³/mol. The van der Waals surface area contributed by atoms with E-state index in [1.54, 1.807) is 6.07 Å². The van der Waals surface area contributed by atoms with Crippen LogP contribution in [0.15, 0.2) is 17.2 Å². The van der Waals surface area contributed by atoms with Crippen LogP contribution in [-0.4, -0.2) is 9.55 Å². The standard InChI is InChI=1S/C14H16N4O/c15-6-2-3-11(8-16)9-18-10-17-13(7-14(18)19)12-4-1-5-12/h7,10-12H,1-5,9H2. The average molecular weight is 256 g/mol. The fourth-order valence-electron chi connectivity index (χ4n) is 2.18. The van der Waals surface area contributed by atoms with Crippen molar-refractivity contribution in [3.63, 3.8) is 0 Å². The number of aromatic nitrogens is 2. The first-order valence-corrected chi connectivity index (χ1v) is 6.57. The van der Waals surface area contributed by atoms with E-state index in [1.165, 1.54) is 17.3 Å². The van der Waals surface area contributed by atoms with E-state index in [4.69, 9.17) is 10.5 Å². The van der Waals surface area contributed by atoms with Gasteiger partial charge in [0.05, 0.1) is 30.1 Å². The molecular weight excluding hydrogens is 240 g/mol. The van der Waals surface area contributed by atoms with Crippen molar-refractivity contribution in [2.75, 3.05) is 0 Å². The van der Waals surface area contributed by atoms with Crippen molar-refractivity contribution in [3.05, 3.63) is 28.4 Å². The molecule has 0 amide bonds. The van der Waals surface area contributed by atoms with Crippen molar-refractivity contribution in [2.45, 2.75) is 44.6 Å². The molecule has 0 bridgehead atoms. The van der Waals surface area contributed by atoms with E-state index in [1.807, 2.05) is 6.07 Å². The van der Waals surface area contributed by atoms with Crippen molar-refractivity contribution < 1.29 is 0 Å². The van der Waals surface area contributed by atoms with Crippen LogP contribution in [0.5, 0.6) is 0 Å². The molecule has 5 nitrogen and oxygen atoms in total. The molecule has 0 radical (unpaired) electrons. The summed E-state index contributed by atoms with van der Waals surface area (Å²) in [4.78, 5) is 16.3. The summed E-state index contributed by atoms with van der Waals surface area (Å²) in [5, 5.41) is 17.5. The Balaban J connectivity index is 2.06. The summed E-state index contributed by atoms with van der Waals surface area (Å²) >= 11 is 0. The van der Waals surface area contributed by atoms with Crippen LogP contribution in [0.4, 0.5) is 0 Å². The second kappa shape index (κ2) is 6.15. The zero-order chi connectivity index (χ0) is 13.7. The first-order valence-electron chi connectivity index (χ1n) is 6.57. The van der Waals surface area contributed by atoms with E-state index in [0.29, 0.717) is 25.3 Å². The lowest BCUT2D eigenvalue weighted by molar-refractivity contribution is 0.406. The normalized spacial score (nSPS) is 16.1. The Bertz CT molecular complexity index is 574. The molecule has 1 atom stereocenters. The van der Waals surface area contributed by atoms with Crippen LogP contribution in [0, 0.1) is 28.6 Å². The van der Waals surface area contributed by atoms with E-state index in [9.17, 15) is 4.79 Å². The molecule has 1 aliphatic rings. The fourth-order valence-corrected chi connectivity index (χ4v) is 2.18. The summed E-state index contributed by atoms with van der Waals surface area (Å²) in [6.07, 6.45) is 5.79. The van der Waals surface area contributed by atoms with Crippen molar-refractivity contribution >= 4 is 0 Å². The Morgan fingerprint density at radius 3 is 2.79 bits per heavy atom. The van der Waals surface area contributed by atoms with E-state index in [2.05, 4.69) is 11.1 Å². The van der Waals surface area contributed by atoms with Gasteiger partial charge in [-0.2, -0.15) is 10.5 Å². The van der Waals surface area contributed by atoms with Crippen LogP contribution in [0.1, 0.15) is 43.7 Å². The quantitative estimate of drug-likeness (QED) is 0.806. The Labute approximate surface area is 112 Å². The molecule has 1 heterocycles. The minimum atomic E-state index is -0.311. The smallest absolute Gasteiger partial charge is 0.253 e. The van der Waals surface area contributed by atoms with Crippen molar-refractivity contribution in [1.29, 1.82) is 10.5 Å². The zero-order valence-corrected chi connectivity index (χ0v) is 10.7. The Kier molecular flexibility index (Phi) is 4.30. The first-order chi connectivity index (χ1) is 9.24. The molecule has 1 fully saturated rings. The van der Waals surface area contributed by atoms with Crippen LogP contribution in [-0.2, 0) is 6.54 Å². The maximum Gasteiger partial charge on any atom is 0.253 e. The van der Waals surface area contributed by atoms with Gasteiger partial charge in [-0.15, -0.1) is 0 Å². The average Bonchev–Trinajstić information content (AvgIpc) is 2.35. The van der Waals surface area contributed by atoms with Gasteiger partial charge in [0.15, 0.2) is 0 Å². The van der Waals surface area contributed by atoms with Crippen LogP contribution in [0.3, 0.4) is 0 Å². The van der Waals surface area contributed by atoms with Gasteiger partial charge in [0, 0.05) is 24.9 Å². The van der Waals surface area contributed by atoms with Crippen molar-refractivity contribution in [3.8, 4) is 12.1 Å². The van der Waals surface area contributed by atoms with Gasteiger partial charge in [-0.05, 0) is 19.3 Å². The van der Waals surface area contributed by atoms with E-state index in [-0.39, 0.29) is 11.5 Å². The molecule has 1 saturated carbocycles. The van der Waals surface area contributed by atoms with Crippen LogP contribution in [0.2, 0.25) is 0 Å². The lowest BCUT2D eigenvalue weighted by Gasteiger charge is -2.24. The molecule has 0 aromatic carbocycles. The largest absolute Gasteiger partial charge is 0.298 e. The highest BCUT2D eigenvalue weighted by molar-refractivity contribution is 5.09. The van der Waals surface area contributed by atoms with Gasteiger partial charge in [-0.1, -0.05) is 6.42 Å². The van der Waals surface area contributed by atoms with E-state index >= 15 is 0 Å². The summed E-state index contributed by atoms with van der Waals surface area (Å²) in [7, 11) is 0. The molecule has 0 saturated heterocycles. The SMILES string of the molecule is N#CCCC(C#N)Cn1cnc(C2CCC2)cc1=O. The first kappa shape index (κ1) is 13.3. The third-order valence-corrected chi connectivity index (χ3v) is 3.63. The summed E-state index contributed by atoms with van der Waals surface area (Å²) in [6.45, 7) is 0.314. The maximum absolute atomic E-state index is 12.0. The van der Waals surface area contributed by atoms with E-state index < -0.39 is 0 Å². The monoisotopic (exact) mass is 256 g/mol. The third-order valence-electron chi connectivity index (χ3n) is 3.63. The molecule has 5 heteroatoms.